The Morgan fingerprint density at radius 1 is 1.33 bits per heavy atom. The van der Waals surface area contributed by atoms with Crippen molar-refractivity contribution in [2.24, 2.45) is 0 Å². The molecule has 0 aliphatic heterocycles. The molecule has 0 amide bonds. The van der Waals surface area contributed by atoms with Gasteiger partial charge in [0, 0.05) is 37.7 Å². The molecule has 1 N–H and O–H groups in total. The number of hydrogen-bond acceptors (Lipinski definition) is 4. The van der Waals surface area contributed by atoms with Crippen LogP contribution in [0.1, 0.15) is 6.92 Å². The zero-order chi connectivity index (χ0) is 10.7. The lowest BCUT2D eigenvalue weighted by molar-refractivity contribution is 0.660. The predicted octanol–water partition coefficient (Wildman–Crippen LogP) is 1.40. The van der Waals surface area contributed by atoms with Crippen LogP contribution in [0.5, 0.6) is 0 Å². The maximum atomic E-state index is 4.29. The number of hydrogen-bond donors (Lipinski definition) is 1. The van der Waals surface area contributed by atoms with E-state index < -0.39 is 0 Å². The highest BCUT2D eigenvalue weighted by Crippen LogP contribution is 2.21. The zero-order valence-corrected chi connectivity index (χ0v) is 8.81. The quantitative estimate of drug-likeness (QED) is 0.819. The summed E-state index contributed by atoms with van der Waals surface area (Å²) >= 11 is 0. The van der Waals surface area contributed by atoms with Gasteiger partial charge in [0.25, 0.3) is 0 Å². The Labute approximate surface area is 88.2 Å². The first-order chi connectivity index (χ1) is 7.35. The Balaban J connectivity index is 2.44. The molecule has 2 aromatic heterocycles. The second-order valence-electron chi connectivity index (χ2n) is 3.09. The van der Waals surface area contributed by atoms with Gasteiger partial charge in [0.15, 0.2) is 5.82 Å². The van der Waals surface area contributed by atoms with Gasteiger partial charge in [0.05, 0.1) is 6.20 Å². The van der Waals surface area contributed by atoms with Gasteiger partial charge in [-0.3, -0.25) is 9.67 Å². The van der Waals surface area contributed by atoms with Crippen molar-refractivity contribution >= 4 is 5.82 Å². The van der Waals surface area contributed by atoms with Crippen molar-refractivity contribution in [3.05, 3.63) is 24.8 Å². The van der Waals surface area contributed by atoms with Crippen LogP contribution in [0.3, 0.4) is 0 Å². The molecule has 2 heterocycles. The van der Waals surface area contributed by atoms with Crippen molar-refractivity contribution in [3.8, 4) is 11.3 Å². The highest BCUT2D eigenvalue weighted by molar-refractivity contribution is 5.69. The van der Waals surface area contributed by atoms with Gasteiger partial charge >= 0.3 is 0 Å². The van der Waals surface area contributed by atoms with Crippen molar-refractivity contribution in [2.45, 2.75) is 13.5 Å². The van der Waals surface area contributed by atoms with Crippen molar-refractivity contribution in [3.63, 3.8) is 0 Å². The smallest absolute Gasteiger partial charge is 0.152 e. The minimum Gasteiger partial charge on any atom is -0.371 e. The van der Waals surface area contributed by atoms with E-state index in [0.29, 0.717) is 0 Å². The van der Waals surface area contributed by atoms with E-state index in [2.05, 4.69) is 20.4 Å². The van der Waals surface area contributed by atoms with Crippen molar-refractivity contribution in [1.29, 1.82) is 0 Å². The lowest BCUT2D eigenvalue weighted by Gasteiger charge is -2.03. The van der Waals surface area contributed by atoms with E-state index in [1.807, 2.05) is 24.9 Å². The number of aromatic nitrogens is 4. The van der Waals surface area contributed by atoms with E-state index in [0.717, 1.165) is 23.6 Å². The molecule has 2 rings (SSSR count). The molecule has 0 aliphatic rings. The highest BCUT2D eigenvalue weighted by Gasteiger charge is 2.07. The second-order valence-corrected chi connectivity index (χ2v) is 3.09. The fraction of sp³-hybridized carbons (Fsp3) is 0.300. The average molecular weight is 203 g/mol. The monoisotopic (exact) mass is 203 g/mol. The molecule has 0 saturated carbocycles. The molecule has 78 valence electrons. The molecule has 0 atom stereocenters. The van der Waals surface area contributed by atoms with Crippen LogP contribution < -0.4 is 5.32 Å². The summed E-state index contributed by atoms with van der Waals surface area (Å²) in [6.45, 7) is 2.90. The molecule has 2 aromatic rings. The van der Waals surface area contributed by atoms with Gasteiger partial charge in [0.1, 0.15) is 5.69 Å². The van der Waals surface area contributed by atoms with Gasteiger partial charge in [-0.1, -0.05) is 0 Å². The lowest BCUT2D eigenvalue weighted by atomic mass is 10.2. The van der Waals surface area contributed by atoms with E-state index in [-0.39, 0.29) is 0 Å². The van der Waals surface area contributed by atoms with Crippen LogP contribution in [0, 0.1) is 0 Å². The molecule has 0 unspecified atom stereocenters. The van der Waals surface area contributed by atoms with Gasteiger partial charge < -0.3 is 5.32 Å². The molecule has 0 radical (unpaired) electrons. The SMILES string of the molecule is CCn1cc(-c2nccnc2NC)cn1. The molecule has 0 bridgehead atoms. The summed E-state index contributed by atoms with van der Waals surface area (Å²) < 4.78 is 1.86. The van der Waals surface area contributed by atoms with Crippen LogP contribution in [0.15, 0.2) is 24.8 Å². The third-order valence-electron chi connectivity index (χ3n) is 2.17. The topological polar surface area (TPSA) is 55.6 Å². The number of nitrogens with zero attached hydrogens (tertiary/aromatic N) is 4. The van der Waals surface area contributed by atoms with E-state index in [1.54, 1.807) is 18.6 Å². The van der Waals surface area contributed by atoms with Gasteiger partial charge in [0.2, 0.25) is 0 Å². The number of nitrogens with one attached hydrogen (secondary N) is 1. The molecule has 0 fully saturated rings. The minimum atomic E-state index is 0.771. The molecule has 5 heteroatoms. The van der Waals surface area contributed by atoms with E-state index in [1.165, 1.54) is 0 Å². The van der Waals surface area contributed by atoms with Gasteiger partial charge in [-0.05, 0) is 6.92 Å². The average Bonchev–Trinajstić information content (AvgIpc) is 2.77. The Bertz CT molecular complexity index is 449. The molecular weight excluding hydrogens is 190 g/mol. The molecular formula is C10H13N5. The lowest BCUT2D eigenvalue weighted by Crippen LogP contribution is -1.96. The first-order valence-electron chi connectivity index (χ1n) is 4.86. The number of aryl methyl sites for hydroxylation is 1. The van der Waals surface area contributed by atoms with Crippen LogP contribution in [0.2, 0.25) is 0 Å². The summed E-state index contributed by atoms with van der Waals surface area (Å²) in [5.41, 5.74) is 1.81. The van der Waals surface area contributed by atoms with Crippen LogP contribution in [-0.4, -0.2) is 26.8 Å². The van der Waals surface area contributed by atoms with Crippen LogP contribution >= 0.6 is 0 Å². The maximum Gasteiger partial charge on any atom is 0.152 e. The first kappa shape index (κ1) is 9.64. The largest absolute Gasteiger partial charge is 0.371 e. The fourth-order valence-electron chi connectivity index (χ4n) is 1.39. The highest BCUT2D eigenvalue weighted by atomic mass is 15.3. The first-order valence-corrected chi connectivity index (χ1v) is 4.86. The Kier molecular flexibility index (Phi) is 2.62. The summed E-state index contributed by atoms with van der Waals surface area (Å²) in [5.74, 6) is 0.771. The fourth-order valence-corrected chi connectivity index (χ4v) is 1.39. The Hall–Kier alpha value is -1.91. The number of anilines is 1. The maximum absolute atomic E-state index is 4.29. The van der Waals surface area contributed by atoms with Crippen LogP contribution in [0.25, 0.3) is 11.3 Å². The molecule has 15 heavy (non-hydrogen) atoms. The molecule has 0 spiro atoms. The third kappa shape index (κ3) is 1.81. The van der Waals surface area contributed by atoms with Crippen molar-refractivity contribution in [1.82, 2.24) is 19.7 Å². The van der Waals surface area contributed by atoms with Crippen LogP contribution in [-0.2, 0) is 6.54 Å². The molecule has 0 saturated heterocycles. The molecule has 0 aromatic carbocycles. The van der Waals surface area contributed by atoms with E-state index in [4.69, 9.17) is 0 Å². The molecule has 5 nitrogen and oxygen atoms in total. The summed E-state index contributed by atoms with van der Waals surface area (Å²) in [6, 6.07) is 0. The van der Waals surface area contributed by atoms with Crippen molar-refractivity contribution < 1.29 is 0 Å². The minimum absolute atomic E-state index is 0.771. The van der Waals surface area contributed by atoms with Gasteiger partial charge in [-0.2, -0.15) is 5.10 Å². The number of rotatable bonds is 3. The summed E-state index contributed by atoms with van der Waals surface area (Å²) in [7, 11) is 1.83. The second kappa shape index (κ2) is 4.08. The molecule has 0 aliphatic carbocycles. The third-order valence-corrected chi connectivity index (χ3v) is 2.17. The predicted molar refractivity (Wildman–Crippen MR) is 58.5 cm³/mol. The summed E-state index contributed by atoms with van der Waals surface area (Å²) in [6.07, 6.45) is 7.11. The van der Waals surface area contributed by atoms with E-state index in [9.17, 15) is 0 Å². The standard InChI is InChI=1S/C10H13N5/c1-3-15-7-8(6-14-15)9-10(11-2)13-5-4-12-9/h4-7H,3H2,1-2H3,(H,11,13). The Morgan fingerprint density at radius 3 is 2.80 bits per heavy atom. The summed E-state index contributed by atoms with van der Waals surface area (Å²) in [4.78, 5) is 8.49. The Morgan fingerprint density at radius 2 is 2.13 bits per heavy atom. The van der Waals surface area contributed by atoms with Crippen molar-refractivity contribution in [2.75, 3.05) is 12.4 Å². The zero-order valence-electron chi connectivity index (χ0n) is 8.81. The summed E-state index contributed by atoms with van der Waals surface area (Å²) in [5, 5.41) is 7.22. The van der Waals surface area contributed by atoms with Gasteiger partial charge in [-0.25, -0.2) is 4.98 Å². The van der Waals surface area contributed by atoms with E-state index >= 15 is 0 Å². The van der Waals surface area contributed by atoms with Crippen LogP contribution in [0.4, 0.5) is 5.82 Å². The normalized spacial score (nSPS) is 10.3. The van der Waals surface area contributed by atoms with Gasteiger partial charge in [-0.15, -0.1) is 0 Å².